The lowest BCUT2D eigenvalue weighted by Crippen LogP contribution is -2.46. The second-order valence-corrected chi connectivity index (χ2v) is 5.89. The number of hydrogen-bond acceptors (Lipinski definition) is 3. The molecule has 0 atom stereocenters. The summed E-state index contributed by atoms with van der Waals surface area (Å²) in [5.41, 5.74) is 0.681. The summed E-state index contributed by atoms with van der Waals surface area (Å²) in [6.45, 7) is 4.14. The van der Waals surface area contributed by atoms with Crippen LogP contribution in [-0.4, -0.2) is 29.8 Å². The van der Waals surface area contributed by atoms with E-state index in [0.29, 0.717) is 13.1 Å². The van der Waals surface area contributed by atoms with Crippen molar-refractivity contribution in [3.05, 3.63) is 22.4 Å². The Morgan fingerprint density at radius 1 is 1.42 bits per heavy atom. The highest BCUT2D eigenvalue weighted by molar-refractivity contribution is 7.07. The van der Waals surface area contributed by atoms with Crippen LogP contribution < -0.4 is 10.6 Å². The SMILES string of the molecule is CCNC(=NCc1ccsc1)NCC1(O)CCCC1. The zero-order chi connectivity index (χ0) is 13.6. The first-order valence-corrected chi connectivity index (χ1v) is 7.92. The van der Waals surface area contributed by atoms with Crippen molar-refractivity contribution in [1.29, 1.82) is 0 Å². The van der Waals surface area contributed by atoms with Crippen molar-refractivity contribution in [1.82, 2.24) is 10.6 Å². The van der Waals surface area contributed by atoms with Gasteiger partial charge in [0.15, 0.2) is 5.96 Å². The molecule has 3 N–H and O–H groups in total. The fourth-order valence-corrected chi connectivity index (χ4v) is 3.01. The highest BCUT2D eigenvalue weighted by Gasteiger charge is 2.30. The highest BCUT2D eigenvalue weighted by Crippen LogP contribution is 2.28. The zero-order valence-electron chi connectivity index (χ0n) is 11.5. The lowest BCUT2D eigenvalue weighted by atomic mass is 10.0. The first-order valence-electron chi connectivity index (χ1n) is 6.97. The Bertz CT molecular complexity index is 397. The Kier molecular flexibility index (Phi) is 5.22. The molecule has 106 valence electrons. The molecule has 1 fully saturated rings. The molecule has 1 aliphatic rings. The monoisotopic (exact) mass is 281 g/mol. The quantitative estimate of drug-likeness (QED) is 0.572. The number of nitrogens with zero attached hydrogens (tertiary/aromatic N) is 1. The van der Waals surface area contributed by atoms with E-state index < -0.39 is 5.60 Å². The molecule has 0 spiro atoms. The van der Waals surface area contributed by atoms with Crippen LogP contribution in [-0.2, 0) is 6.54 Å². The van der Waals surface area contributed by atoms with E-state index in [4.69, 9.17) is 0 Å². The molecular weight excluding hydrogens is 258 g/mol. The number of hydrogen-bond donors (Lipinski definition) is 3. The lowest BCUT2D eigenvalue weighted by Gasteiger charge is -2.23. The van der Waals surface area contributed by atoms with Gasteiger partial charge in [-0.05, 0) is 42.2 Å². The third kappa shape index (κ3) is 4.51. The molecule has 19 heavy (non-hydrogen) atoms. The molecule has 2 rings (SSSR count). The molecule has 0 amide bonds. The maximum atomic E-state index is 10.3. The van der Waals surface area contributed by atoms with Gasteiger partial charge in [-0.2, -0.15) is 11.3 Å². The predicted molar refractivity (Wildman–Crippen MR) is 80.6 cm³/mol. The average molecular weight is 281 g/mol. The number of rotatable bonds is 5. The van der Waals surface area contributed by atoms with Crippen LogP contribution in [0.4, 0.5) is 0 Å². The van der Waals surface area contributed by atoms with E-state index in [1.54, 1.807) is 11.3 Å². The second kappa shape index (κ2) is 6.91. The number of nitrogens with one attached hydrogen (secondary N) is 2. The molecule has 1 aliphatic carbocycles. The van der Waals surface area contributed by atoms with Crippen LogP contribution in [0.3, 0.4) is 0 Å². The largest absolute Gasteiger partial charge is 0.388 e. The van der Waals surface area contributed by atoms with Gasteiger partial charge in [0.1, 0.15) is 0 Å². The third-order valence-electron chi connectivity index (χ3n) is 3.46. The van der Waals surface area contributed by atoms with Crippen LogP contribution in [0.5, 0.6) is 0 Å². The van der Waals surface area contributed by atoms with E-state index in [1.807, 2.05) is 6.92 Å². The van der Waals surface area contributed by atoms with Crippen molar-refractivity contribution in [3.63, 3.8) is 0 Å². The van der Waals surface area contributed by atoms with Crippen LogP contribution in [0.2, 0.25) is 0 Å². The van der Waals surface area contributed by atoms with E-state index >= 15 is 0 Å². The van der Waals surface area contributed by atoms with Crippen LogP contribution in [0, 0.1) is 0 Å². The fraction of sp³-hybridized carbons (Fsp3) is 0.643. The molecule has 0 unspecified atom stereocenters. The molecule has 0 bridgehead atoms. The Morgan fingerprint density at radius 3 is 2.84 bits per heavy atom. The molecule has 0 saturated heterocycles. The van der Waals surface area contributed by atoms with Crippen LogP contribution in [0.25, 0.3) is 0 Å². The van der Waals surface area contributed by atoms with E-state index in [9.17, 15) is 5.11 Å². The first kappa shape index (κ1) is 14.3. The molecule has 0 aromatic carbocycles. The van der Waals surface area contributed by atoms with Gasteiger partial charge >= 0.3 is 0 Å². The minimum atomic E-state index is -0.543. The molecule has 1 aromatic heterocycles. The number of aliphatic hydroxyl groups is 1. The van der Waals surface area contributed by atoms with Crippen LogP contribution in [0.15, 0.2) is 21.8 Å². The first-order chi connectivity index (χ1) is 9.22. The minimum Gasteiger partial charge on any atom is -0.388 e. The zero-order valence-corrected chi connectivity index (χ0v) is 12.3. The maximum Gasteiger partial charge on any atom is 0.191 e. The van der Waals surface area contributed by atoms with E-state index in [-0.39, 0.29) is 0 Å². The average Bonchev–Trinajstić information content (AvgIpc) is 3.05. The summed E-state index contributed by atoms with van der Waals surface area (Å²) in [4.78, 5) is 4.54. The van der Waals surface area contributed by atoms with Crippen molar-refractivity contribution >= 4 is 17.3 Å². The van der Waals surface area contributed by atoms with E-state index in [2.05, 4.69) is 32.5 Å². The van der Waals surface area contributed by atoms with Gasteiger partial charge in [0.2, 0.25) is 0 Å². The maximum absolute atomic E-state index is 10.3. The van der Waals surface area contributed by atoms with Gasteiger partial charge in [0, 0.05) is 13.1 Å². The summed E-state index contributed by atoms with van der Waals surface area (Å²) < 4.78 is 0. The van der Waals surface area contributed by atoms with Crippen molar-refractivity contribution in [2.24, 2.45) is 4.99 Å². The van der Waals surface area contributed by atoms with Crippen molar-refractivity contribution in [2.75, 3.05) is 13.1 Å². The molecular formula is C14H23N3OS. The summed E-state index contributed by atoms with van der Waals surface area (Å²) in [5, 5.41) is 21.0. The Balaban J connectivity index is 1.86. The number of thiophene rings is 1. The van der Waals surface area contributed by atoms with Crippen molar-refractivity contribution in [3.8, 4) is 0 Å². The Morgan fingerprint density at radius 2 is 2.21 bits per heavy atom. The minimum absolute atomic E-state index is 0.543. The van der Waals surface area contributed by atoms with Gasteiger partial charge in [-0.15, -0.1) is 0 Å². The molecule has 1 heterocycles. The van der Waals surface area contributed by atoms with Gasteiger partial charge in [-0.3, -0.25) is 0 Å². The number of guanidine groups is 1. The van der Waals surface area contributed by atoms with Gasteiger partial charge in [-0.25, -0.2) is 4.99 Å². The van der Waals surface area contributed by atoms with Gasteiger partial charge in [0.05, 0.1) is 12.1 Å². The molecule has 0 radical (unpaired) electrons. The summed E-state index contributed by atoms with van der Waals surface area (Å²) in [5.74, 6) is 0.786. The molecule has 1 aromatic rings. The van der Waals surface area contributed by atoms with Crippen LogP contribution >= 0.6 is 11.3 Å². The van der Waals surface area contributed by atoms with Gasteiger partial charge < -0.3 is 15.7 Å². The summed E-state index contributed by atoms with van der Waals surface area (Å²) in [6, 6.07) is 2.09. The third-order valence-corrected chi connectivity index (χ3v) is 4.20. The van der Waals surface area contributed by atoms with Crippen LogP contribution in [0.1, 0.15) is 38.2 Å². The van der Waals surface area contributed by atoms with Crippen molar-refractivity contribution in [2.45, 2.75) is 44.8 Å². The predicted octanol–water partition coefficient (Wildman–Crippen LogP) is 2.11. The van der Waals surface area contributed by atoms with E-state index in [1.165, 1.54) is 5.56 Å². The summed E-state index contributed by atoms with van der Waals surface area (Å²) in [6.07, 6.45) is 4.04. The summed E-state index contributed by atoms with van der Waals surface area (Å²) >= 11 is 1.69. The van der Waals surface area contributed by atoms with E-state index in [0.717, 1.165) is 38.2 Å². The normalized spacial score (nSPS) is 18.5. The second-order valence-electron chi connectivity index (χ2n) is 5.11. The van der Waals surface area contributed by atoms with Gasteiger partial charge in [-0.1, -0.05) is 12.8 Å². The molecule has 1 saturated carbocycles. The standard InChI is InChI=1S/C14H23N3OS/c1-2-15-13(16-9-12-5-8-19-10-12)17-11-14(18)6-3-4-7-14/h5,8,10,18H,2-4,6-7,9,11H2,1H3,(H2,15,16,17). The molecule has 0 aliphatic heterocycles. The Labute approximate surface area is 119 Å². The van der Waals surface area contributed by atoms with Crippen molar-refractivity contribution < 1.29 is 5.11 Å². The lowest BCUT2D eigenvalue weighted by molar-refractivity contribution is 0.0522. The summed E-state index contributed by atoms with van der Waals surface area (Å²) in [7, 11) is 0. The smallest absolute Gasteiger partial charge is 0.191 e. The molecule has 5 heteroatoms. The molecule has 4 nitrogen and oxygen atoms in total. The highest BCUT2D eigenvalue weighted by atomic mass is 32.1. The fourth-order valence-electron chi connectivity index (χ4n) is 2.35. The topological polar surface area (TPSA) is 56.7 Å². The number of aliphatic imine (C=N–C) groups is 1. The Hall–Kier alpha value is -1.07. The van der Waals surface area contributed by atoms with Gasteiger partial charge in [0.25, 0.3) is 0 Å².